The predicted octanol–water partition coefficient (Wildman–Crippen LogP) is 4.48. The van der Waals surface area contributed by atoms with Crippen LogP contribution in [0.5, 0.6) is 5.75 Å². The normalized spacial score (nSPS) is 19.7. The van der Waals surface area contributed by atoms with Gasteiger partial charge in [-0.2, -0.15) is 0 Å². The van der Waals surface area contributed by atoms with Crippen molar-refractivity contribution in [3.8, 4) is 5.75 Å². The summed E-state index contributed by atoms with van der Waals surface area (Å²) in [5, 5.41) is 3.93. The fraction of sp³-hybridized carbons (Fsp3) is 0.435. The average molecular weight is 426 g/mol. The van der Waals surface area contributed by atoms with Crippen molar-refractivity contribution < 1.29 is 9.53 Å². The van der Waals surface area contributed by atoms with Gasteiger partial charge in [0.2, 0.25) is 0 Å². The Morgan fingerprint density at radius 1 is 1.17 bits per heavy atom. The second kappa shape index (κ2) is 7.95. The van der Waals surface area contributed by atoms with E-state index in [9.17, 15) is 9.59 Å². The van der Waals surface area contributed by atoms with E-state index in [-0.39, 0.29) is 16.8 Å². The van der Waals surface area contributed by atoms with Crippen LogP contribution in [0.2, 0.25) is 0 Å². The zero-order valence-corrected chi connectivity index (χ0v) is 18.6. The molecule has 158 valence electrons. The van der Waals surface area contributed by atoms with E-state index in [0.717, 1.165) is 29.2 Å². The molecule has 0 saturated heterocycles. The van der Waals surface area contributed by atoms with E-state index in [1.165, 1.54) is 11.8 Å². The van der Waals surface area contributed by atoms with Crippen LogP contribution in [0.3, 0.4) is 0 Å². The van der Waals surface area contributed by atoms with Crippen molar-refractivity contribution in [1.29, 1.82) is 0 Å². The number of aromatic amines is 1. The summed E-state index contributed by atoms with van der Waals surface area (Å²) in [7, 11) is 0. The lowest BCUT2D eigenvalue weighted by Gasteiger charge is -2.38. The van der Waals surface area contributed by atoms with Crippen LogP contribution in [0.15, 0.2) is 45.5 Å². The maximum absolute atomic E-state index is 13.2. The minimum absolute atomic E-state index is 0.0877. The Morgan fingerprint density at radius 3 is 2.57 bits per heavy atom. The molecule has 1 atom stereocenters. The molecule has 0 amide bonds. The van der Waals surface area contributed by atoms with Gasteiger partial charge in [0.15, 0.2) is 10.9 Å². The van der Waals surface area contributed by atoms with Gasteiger partial charge in [0, 0.05) is 23.6 Å². The maximum atomic E-state index is 13.2. The number of benzene rings is 1. The maximum Gasteiger partial charge on any atom is 0.257 e. The Hall–Kier alpha value is -2.54. The van der Waals surface area contributed by atoms with Gasteiger partial charge in [-0.1, -0.05) is 44.7 Å². The number of ether oxygens (including phenoxy) is 1. The lowest BCUT2D eigenvalue weighted by atomic mass is 9.69. The number of thioether (sulfide) groups is 1. The highest BCUT2D eigenvalue weighted by atomic mass is 32.2. The number of hydrogen-bond acceptors (Lipinski definition) is 6. The van der Waals surface area contributed by atoms with Gasteiger partial charge in [0.1, 0.15) is 11.6 Å². The van der Waals surface area contributed by atoms with Crippen LogP contribution < -0.4 is 15.6 Å². The summed E-state index contributed by atoms with van der Waals surface area (Å²) in [5.74, 6) is 1.78. The third kappa shape index (κ3) is 3.78. The standard InChI is InChI=1S/C23H27N3O3S/c1-5-29-14-9-7-13(8-10-14)17-18-15(11-23(3,4)12-16(18)27)24-20-19(17)21(28)26-22(25-20)30-6-2/h7-10,17H,5-6,11-12H2,1-4H3,(H2,24,25,26,28). The zero-order valence-electron chi connectivity index (χ0n) is 17.8. The minimum atomic E-state index is -0.438. The van der Waals surface area contributed by atoms with Crippen LogP contribution in [-0.2, 0) is 4.79 Å². The first-order chi connectivity index (χ1) is 14.3. The van der Waals surface area contributed by atoms with E-state index < -0.39 is 5.92 Å². The number of carbonyl (C=O) groups excluding carboxylic acids is 1. The van der Waals surface area contributed by atoms with E-state index in [1.807, 2.05) is 38.1 Å². The minimum Gasteiger partial charge on any atom is -0.494 e. The van der Waals surface area contributed by atoms with Gasteiger partial charge in [-0.05, 0) is 42.2 Å². The Bertz CT molecular complexity index is 1070. The number of Topliss-reactive ketones (excluding diaryl/α,β-unsaturated/α-hetero) is 1. The highest BCUT2D eigenvalue weighted by Gasteiger charge is 2.42. The van der Waals surface area contributed by atoms with Gasteiger partial charge in [0.05, 0.1) is 12.2 Å². The highest BCUT2D eigenvalue weighted by molar-refractivity contribution is 7.99. The van der Waals surface area contributed by atoms with Crippen LogP contribution in [0.25, 0.3) is 0 Å². The predicted molar refractivity (Wildman–Crippen MR) is 119 cm³/mol. The molecule has 30 heavy (non-hydrogen) atoms. The van der Waals surface area contributed by atoms with Crippen molar-refractivity contribution in [2.45, 2.75) is 51.6 Å². The van der Waals surface area contributed by atoms with Crippen LogP contribution in [-0.4, -0.2) is 28.1 Å². The van der Waals surface area contributed by atoms with Crippen molar-refractivity contribution >= 4 is 23.4 Å². The fourth-order valence-corrected chi connectivity index (χ4v) is 4.95. The second-order valence-corrected chi connectivity index (χ2v) is 9.71. The molecule has 2 N–H and O–H groups in total. The van der Waals surface area contributed by atoms with Crippen LogP contribution in [0.4, 0.5) is 5.82 Å². The second-order valence-electron chi connectivity index (χ2n) is 8.46. The number of rotatable bonds is 5. The van der Waals surface area contributed by atoms with E-state index >= 15 is 0 Å². The summed E-state index contributed by atoms with van der Waals surface area (Å²) in [6.07, 6.45) is 1.21. The molecule has 4 rings (SSSR count). The van der Waals surface area contributed by atoms with Crippen molar-refractivity contribution in [2.24, 2.45) is 5.41 Å². The van der Waals surface area contributed by atoms with E-state index in [1.54, 1.807) is 0 Å². The fourth-order valence-electron chi connectivity index (χ4n) is 4.35. The molecular weight excluding hydrogens is 398 g/mol. The van der Waals surface area contributed by atoms with Crippen LogP contribution >= 0.6 is 11.8 Å². The summed E-state index contributed by atoms with van der Waals surface area (Å²) >= 11 is 1.49. The molecule has 6 nitrogen and oxygen atoms in total. The lowest BCUT2D eigenvalue weighted by Crippen LogP contribution is -2.37. The monoisotopic (exact) mass is 425 g/mol. The largest absolute Gasteiger partial charge is 0.494 e. The zero-order chi connectivity index (χ0) is 21.5. The number of ketones is 1. The highest BCUT2D eigenvalue weighted by Crippen LogP contribution is 2.47. The van der Waals surface area contributed by atoms with Gasteiger partial charge in [-0.25, -0.2) is 4.98 Å². The molecular formula is C23H27N3O3S. The summed E-state index contributed by atoms with van der Waals surface area (Å²) < 4.78 is 5.56. The molecule has 1 aromatic heterocycles. The van der Waals surface area contributed by atoms with Crippen molar-refractivity contribution in [3.63, 3.8) is 0 Å². The summed E-state index contributed by atoms with van der Waals surface area (Å²) in [5.41, 5.74) is 2.64. The van der Waals surface area contributed by atoms with E-state index in [2.05, 4.69) is 29.1 Å². The van der Waals surface area contributed by atoms with Crippen molar-refractivity contribution in [1.82, 2.24) is 9.97 Å². The Labute approximate surface area is 180 Å². The quantitative estimate of drug-likeness (QED) is 0.543. The molecule has 1 aliphatic carbocycles. The molecule has 0 bridgehead atoms. The Kier molecular flexibility index (Phi) is 5.49. The molecule has 2 aromatic rings. The molecule has 0 fully saturated rings. The van der Waals surface area contributed by atoms with E-state index in [4.69, 9.17) is 4.74 Å². The number of nitrogens with one attached hydrogen (secondary N) is 2. The SMILES string of the molecule is CCOc1ccc(C2C3=C(CC(C)(C)CC3=O)Nc3nc(SCC)[nH]c(=O)c32)cc1. The molecule has 2 aliphatic rings. The Balaban J connectivity index is 1.89. The van der Waals surface area contributed by atoms with Gasteiger partial charge in [-0.3, -0.25) is 9.59 Å². The first-order valence-electron chi connectivity index (χ1n) is 10.4. The third-order valence-electron chi connectivity index (χ3n) is 5.51. The number of allylic oxidation sites excluding steroid dienone is 2. The molecule has 0 saturated carbocycles. The smallest absolute Gasteiger partial charge is 0.257 e. The molecule has 2 heterocycles. The van der Waals surface area contributed by atoms with Crippen LogP contribution in [0.1, 0.15) is 57.6 Å². The number of anilines is 1. The molecule has 7 heteroatoms. The van der Waals surface area contributed by atoms with Crippen molar-refractivity contribution in [2.75, 3.05) is 17.7 Å². The van der Waals surface area contributed by atoms with Gasteiger partial charge < -0.3 is 15.0 Å². The summed E-state index contributed by atoms with van der Waals surface area (Å²) in [6, 6.07) is 7.66. The molecule has 1 aromatic carbocycles. The molecule has 0 spiro atoms. The Morgan fingerprint density at radius 2 is 1.90 bits per heavy atom. The molecule has 1 aliphatic heterocycles. The lowest BCUT2D eigenvalue weighted by molar-refractivity contribution is -0.118. The number of aromatic nitrogens is 2. The third-order valence-corrected chi connectivity index (χ3v) is 6.26. The number of H-pyrrole nitrogens is 1. The topological polar surface area (TPSA) is 84.1 Å². The van der Waals surface area contributed by atoms with Gasteiger partial charge >= 0.3 is 0 Å². The molecule has 1 unspecified atom stereocenters. The number of hydrogen-bond donors (Lipinski definition) is 2. The first-order valence-corrected chi connectivity index (χ1v) is 11.3. The number of nitrogens with zero attached hydrogens (tertiary/aromatic N) is 1. The first kappa shape index (κ1) is 20.7. The number of fused-ring (bicyclic) bond motifs is 1. The van der Waals surface area contributed by atoms with Gasteiger partial charge in [-0.15, -0.1) is 0 Å². The van der Waals surface area contributed by atoms with Gasteiger partial charge in [0.25, 0.3) is 5.56 Å². The average Bonchev–Trinajstić information content (AvgIpc) is 2.66. The molecule has 0 radical (unpaired) electrons. The number of carbonyl (C=O) groups is 1. The van der Waals surface area contributed by atoms with Crippen molar-refractivity contribution in [3.05, 3.63) is 57.0 Å². The van der Waals surface area contributed by atoms with Crippen LogP contribution in [0, 0.1) is 5.41 Å². The summed E-state index contributed by atoms with van der Waals surface area (Å²) in [6.45, 7) is 8.74. The van der Waals surface area contributed by atoms with E-state index in [0.29, 0.717) is 35.1 Å². The summed E-state index contributed by atoms with van der Waals surface area (Å²) in [4.78, 5) is 33.9.